The molecule has 3 aliphatic rings. The Kier molecular flexibility index (Phi) is 3.93. The van der Waals surface area contributed by atoms with Gasteiger partial charge in [0.15, 0.2) is 0 Å². The molecule has 4 heteroatoms. The van der Waals surface area contributed by atoms with Crippen LogP contribution in [0, 0.1) is 0 Å². The zero-order valence-electron chi connectivity index (χ0n) is 14.7. The van der Waals surface area contributed by atoms with Crippen molar-refractivity contribution < 1.29 is 14.3 Å². The van der Waals surface area contributed by atoms with E-state index in [1.54, 1.807) is 0 Å². The lowest BCUT2D eigenvalue weighted by Crippen LogP contribution is -2.42. The first-order valence-electron chi connectivity index (χ1n) is 9.55. The third kappa shape index (κ3) is 2.78. The van der Waals surface area contributed by atoms with E-state index in [2.05, 4.69) is 53.8 Å². The van der Waals surface area contributed by atoms with Crippen LogP contribution in [0.25, 0.3) is 11.1 Å². The van der Waals surface area contributed by atoms with Crippen molar-refractivity contribution in [1.82, 2.24) is 5.32 Å². The first kappa shape index (κ1) is 15.9. The molecule has 2 unspecified atom stereocenters. The Labute approximate surface area is 153 Å². The predicted octanol–water partition coefficient (Wildman–Crippen LogP) is 4.24. The van der Waals surface area contributed by atoms with Crippen LogP contribution < -0.4 is 5.32 Å². The molecule has 2 bridgehead atoms. The molecular formula is C22H23NO3. The summed E-state index contributed by atoms with van der Waals surface area (Å²) in [5.74, 6) is 0.110. The van der Waals surface area contributed by atoms with Crippen LogP contribution in [0.1, 0.15) is 42.7 Å². The van der Waals surface area contributed by atoms with E-state index in [4.69, 9.17) is 9.47 Å². The maximum Gasteiger partial charge on any atom is 0.407 e. The Morgan fingerprint density at radius 3 is 2.15 bits per heavy atom. The fourth-order valence-electron chi connectivity index (χ4n) is 4.78. The van der Waals surface area contributed by atoms with E-state index in [9.17, 15) is 4.79 Å². The molecule has 2 aromatic carbocycles. The van der Waals surface area contributed by atoms with E-state index in [0.717, 1.165) is 25.7 Å². The molecule has 0 spiro atoms. The summed E-state index contributed by atoms with van der Waals surface area (Å²) in [5.41, 5.74) is 4.98. The molecule has 26 heavy (non-hydrogen) atoms. The van der Waals surface area contributed by atoms with Crippen LogP contribution in [0.5, 0.6) is 0 Å². The highest BCUT2D eigenvalue weighted by atomic mass is 16.5. The number of rotatable bonds is 3. The van der Waals surface area contributed by atoms with Crippen molar-refractivity contribution in [3.8, 4) is 11.1 Å². The Balaban J connectivity index is 1.26. The maximum absolute atomic E-state index is 12.4. The average molecular weight is 349 g/mol. The van der Waals surface area contributed by atoms with Crippen LogP contribution >= 0.6 is 0 Å². The number of fused-ring (bicyclic) bond motifs is 5. The number of benzene rings is 2. The van der Waals surface area contributed by atoms with Gasteiger partial charge in [0.25, 0.3) is 0 Å². The van der Waals surface area contributed by atoms with Crippen molar-refractivity contribution in [2.75, 3.05) is 6.61 Å². The van der Waals surface area contributed by atoms with Gasteiger partial charge in [-0.05, 0) is 47.9 Å². The molecule has 1 aliphatic carbocycles. The molecule has 4 nitrogen and oxygen atoms in total. The standard InChI is InChI=1S/C22H23NO3/c24-22(23-14-11-15-9-10-16(12-14)26-15)25-13-21-19-7-3-1-5-17(19)18-6-2-4-8-20(18)21/h1-8,14-16,21H,9-13H2,(H,23,24). The van der Waals surface area contributed by atoms with Crippen LogP contribution in [0.4, 0.5) is 4.79 Å². The minimum absolute atomic E-state index is 0.110. The quantitative estimate of drug-likeness (QED) is 0.902. The van der Waals surface area contributed by atoms with Crippen LogP contribution in [0.15, 0.2) is 48.5 Å². The van der Waals surface area contributed by atoms with E-state index < -0.39 is 0 Å². The van der Waals surface area contributed by atoms with E-state index in [-0.39, 0.29) is 18.1 Å². The summed E-state index contributed by atoms with van der Waals surface area (Å²) in [6, 6.07) is 17.0. The lowest BCUT2D eigenvalue weighted by atomic mass is 9.98. The highest BCUT2D eigenvalue weighted by Gasteiger charge is 2.36. The minimum atomic E-state index is -0.307. The lowest BCUT2D eigenvalue weighted by Gasteiger charge is -2.28. The Hall–Kier alpha value is -2.33. The third-order valence-electron chi connectivity index (χ3n) is 5.96. The average Bonchev–Trinajstić information content (AvgIpc) is 3.17. The number of nitrogens with one attached hydrogen (secondary N) is 1. The molecule has 0 radical (unpaired) electrons. The van der Waals surface area contributed by atoms with E-state index >= 15 is 0 Å². The van der Waals surface area contributed by atoms with Crippen LogP contribution in [0.3, 0.4) is 0 Å². The van der Waals surface area contributed by atoms with Gasteiger partial charge in [-0.1, -0.05) is 48.5 Å². The van der Waals surface area contributed by atoms with Crippen molar-refractivity contribution in [2.45, 2.75) is 49.9 Å². The Bertz CT molecular complexity index is 776. The van der Waals surface area contributed by atoms with E-state index in [0.29, 0.717) is 18.8 Å². The second-order valence-electron chi connectivity index (χ2n) is 7.60. The number of hydrogen-bond donors (Lipinski definition) is 1. The summed E-state index contributed by atoms with van der Waals surface area (Å²) in [6.07, 6.45) is 4.36. The highest BCUT2D eigenvalue weighted by Crippen LogP contribution is 2.44. The van der Waals surface area contributed by atoms with Crippen LogP contribution in [-0.2, 0) is 9.47 Å². The number of carbonyl (C=O) groups excluding carboxylic acids is 1. The molecule has 134 valence electrons. The zero-order valence-corrected chi connectivity index (χ0v) is 14.7. The molecule has 2 atom stereocenters. The second-order valence-corrected chi connectivity index (χ2v) is 7.60. The monoisotopic (exact) mass is 349 g/mol. The minimum Gasteiger partial charge on any atom is -0.449 e. The largest absolute Gasteiger partial charge is 0.449 e. The van der Waals surface area contributed by atoms with Gasteiger partial charge in [-0.15, -0.1) is 0 Å². The van der Waals surface area contributed by atoms with Gasteiger partial charge in [0.2, 0.25) is 0 Å². The molecule has 1 N–H and O–H groups in total. The van der Waals surface area contributed by atoms with Gasteiger partial charge in [-0.2, -0.15) is 0 Å². The summed E-state index contributed by atoms with van der Waals surface area (Å²) in [4.78, 5) is 12.4. The number of hydrogen-bond acceptors (Lipinski definition) is 3. The maximum atomic E-state index is 12.4. The molecule has 0 saturated carbocycles. The van der Waals surface area contributed by atoms with Gasteiger partial charge in [-0.3, -0.25) is 0 Å². The number of alkyl carbamates (subject to hydrolysis) is 1. The zero-order chi connectivity index (χ0) is 17.5. The summed E-state index contributed by atoms with van der Waals surface area (Å²) < 4.78 is 11.5. The Morgan fingerprint density at radius 2 is 1.54 bits per heavy atom. The fourth-order valence-corrected chi connectivity index (χ4v) is 4.78. The van der Waals surface area contributed by atoms with E-state index in [1.807, 2.05) is 0 Å². The first-order chi connectivity index (χ1) is 12.8. The molecule has 2 saturated heterocycles. The predicted molar refractivity (Wildman–Crippen MR) is 99.1 cm³/mol. The number of amides is 1. The fraction of sp³-hybridized carbons (Fsp3) is 0.409. The summed E-state index contributed by atoms with van der Waals surface area (Å²) in [7, 11) is 0. The molecule has 5 rings (SSSR count). The van der Waals surface area contributed by atoms with Crippen molar-refractivity contribution in [3.63, 3.8) is 0 Å². The van der Waals surface area contributed by atoms with Gasteiger partial charge in [0, 0.05) is 12.0 Å². The molecule has 2 fully saturated rings. The van der Waals surface area contributed by atoms with Crippen molar-refractivity contribution >= 4 is 6.09 Å². The summed E-state index contributed by atoms with van der Waals surface area (Å²) >= 11 is 0. The van der Waals surface area contributed by atoms with Crippen LogP contribution in [0.2, 0.25) is 0 Å². The first-order valence-corrected chi connectivity index (χ1v) is 9.55. The smallest absolute Gasteiger partial charge is 0.407 e. The molecule has 2 aliphatic heterocycles. The van der Waals surface area contributed by atoms with Gasteiger partial charge in [0.1, 0.15) is 6.61 Å². The number of carbonyl (C=O) groups is 1. The molecule has 2 aromatic rings. The highest BCUT2D eigenvalue weighted by molar-refractivity contribution is 5.79. The topological polar surface area (TPSA) is 47.6 Å². The van der Waals surface area contributed by atoms with Crippen molar-refractivity contribution in [2.24, 2.45) is 0 Å². The molecule has 2 heterocycles. The van der Waals surface area contributed by atoms with Gasteiger partial charge < -0.3 is 14.8 Å². The molecule has 0 aromatic heterocycles. The Morgan fingerprint density at radius 1 is 0.962 bits per heavy atom. The molecular weight excluding hydrogens is 326 g/mol. The van der Waals surface area contributed by atoms with Crippen LogP contribution in [-0.4, -0.2) is 30.9 Å². The van der Waals surface area contributed by atoms with Gasteiger partial charge >= 0.3 is 6.09 Å². The van der Waals surface area contributed by atoms with Gasteiger partial charge in [0.05, 0.1) is 12.2 Å². The third-order valence-corrected chi connectivity index (χ3v) is 5.96. The van der Waals surface area contributed by atoms with Gasteiger partial charge in [-0.25, -0.2) is 4.79 Å². The summed E-state index contributed by atoms with van der Waals surface area (Å²) in [5, 5.41) is 3.05. The number of ether oxygens (including phenoxy) is 2. The molecule has 1 amide bonds. The lowest BCUT2D eigenvalue weighted by molar-refractivity contribution is -0.00857. The SMILES string of the molecule is O=C(NC1CC2CCC(C1)O2)OCC1c2ccccc2-c2ccccc21. The summed E-state index contributed by atoms with van der Waals surface area (Å²) in [6.45, 7) is 0.371. The second kappa shape index (κ2) is 6.44. The van der Waals surface area contributed by atoms with E-state index in [1.165, 1.54) is 22.3 Å². The normalized spacial score (nSPS) is 26.2. The van der Waals surface area contributed by atoms with Crippen molar-refractivity contribution in [3.05, 3.63) is 59.7 Å². The van der Waals surface area contributed by atoms with Crippen molar-refractivity contribution in [1.29, 1.82) is 0 Å².